The molecule has 0 atom stereocenters. The fourth-order valence-corrected chi connectivity index (χ4v) is 3.58. The number of aliphatic imine (C=N–C) groups is 1. The predicted molar refractivity (Wildman–Crippen MR) is 107 cm³/mol. The summed E-state index contributed by atoms with van der Waals surface area (Å²) in [6.07, 6.45) is 0. The lowest BCUT2D eigenvalue weighted by molar-refractivity contribution is 0.687. The van der Waals surface area contributed by atoms with E-state index < -0.39 is 0 Å². The van der Waals surface area contributed by atoms with Crippen molar-refractivity contribution in [1.29, 1.82) is 0 Å². The molecule has 3 rings (SSSR count). The van der Waals surface area contributed by atoms with Crippen molar-refractivity contribution in [1.82, 2.24) is 0 Å². The Morgan fingerprint density at radius 2 is 1.24 bits per heavy atom. The summed E-state index contributed by atoms with van der Waals surface area (Å²) in [5, 5.41) is 1.85. The Balaban J connectivity index is 1.86. The maximum atomic E-state index is 14.8. The summed E-state index contributed by atoms with van der Waals surface area (Å²) >= 11 is 2.67. The number of hydrogen-bond acceptors (Lipinski definition) is 3. The predicted octanol–water partition coefficient (Wildman–Crippen LogP) is 7.11. The molecule has 0 bridgehead atoms. The molecule has 0 spiro atoms. The van der Waals surface area contributed by atoms with Gasteiger partial charge in [0.25, 0.3) is 0 Å². The van der Waals surface area contributed by atoms with Crippen molar-refractivity contribution in [3.8, 4) is 0 Å². The van der Waals surface area contributed by atoms with Crippen LogP contribution >= 0.6 is 23.5 Å². The fraction of sp³-hybridized carbons (Fsp3) is 0. The van der Waals surface area contributed by atoms with Gasteiger partial charge >= 0.3 is 0 Å². The molecule has 1 nitrogen and oxygen atoms in total. The SMILES string of the molecule is F/C(=C\Sc1ccccc1)C(=Nc1ccccc1)Sc1ccccc1. The number of nitrogens with zero attached hydrogens (tertiary/aromatic N) is 1. The van der Waals surface area contributed by atoms with Crippen LogP contribution in [0, 0.1) is 0 Å². The van der Waals surface area contributed by atoms with E-state index in [4.69, 9.17) is 0 Å². The van der Waals surface area contributed by atoms with Gasteiger partial charge < -0.3 is 0 Å². The van der Waals surface area contributed by atoms with E-state index >= 15 is 0 Å². The third kappa shape index (κ3) is 5.62. The monoisotopic (exact) mass is 365 g/mol. The minimum Gasteiger partial charge on any atom is -0.239 e. The molecule has 0 heterocycles. The summed E-state index contributed by atoms with van der Waals surface area (Å²) in [6, 6.07) is 28.8. The maximum absolute atomic E-state index is 14.8. The van der Waals surface area contributed by atoms with Gasteiger partial charge in [0, 0.05) is 15.2 Å². The zero-order valence-electron chi connectivity index (χ0n) is 13.4. The average Bonchev–Trinajstić information content (AvgIpc) is 2.68. The third-order valence-corrected chi connectivity index (χ3v) is 5.05. The molecule has 0 fully saturated rings. The van der Waals surface area contributed by atoms with E-state index in [2.05, 4.69) is 4.99 Å². The second-order valence-electron chi connectivity index (χ2n) is 5.06. The van der Waals surface area contributed by atoms with Gasteiger partial charge in [-0.1, -0.05) is 78.1 Å². The van der Waals surface area contributed by atoms with Crippen LogP contribution in [0.15, 0.2) is 117 Å². The first-order valence-corrected chi connectivity index (χ1v) is 9.45. The number of benzene rings is 3. The number of halogens is 1. The fourth-order valence-electron chi connectivity index (χ4n) is 2.01. The lowest BCUT2D eigenvalue weighted by Gasteiger charge is -2.05. The number of hydrogen-bond donors (Lipinski definition) is 0. The van der Waals surface area contributed by atoms with E-state index in [1.807, 2.05) is 91.0 Å². The smallest absolute Gasteiger partial charge is 0.162 e. The molecule has 0 saturated heterocycles. The topological polar surface area (TPSA) is 12.4 Å². The molecular formula is C21H16FNS2. The van der Waals surface area contributed by atoms with E-state index in [1.54, 1.807) is 0 Å². The molecule has 4 heteroatoms. The molecule has 0 aliphatic carbocycles. The first-order chi connectivity index (χ1) is 12.3. The average molecular weight is 365 g/mol. The van der Waals surface area contributed by atoms with Crippen LogP contribution in [0.2, 0.25) is 0 Å². The molecule has 0 aliphatic heterocycles. The lowest BCUT2D eigenvalue weighted by Crippen LogP contribution is -1.93. The van der Waals surface area contributed by atoms with Crippen LogP contribution in [-0.2, 0) is 0 Å². The van der Waals surface area contributed by atoms with Crippen LogP contribution in [-0.4, -0.2) is 5.04 Å². The minimum atomic E-state index is -0.341. The van der Waals surface area contributed by atoms with Gasteiger partial charge in [-0.15, -0.1) is 0 Å². The van der Waals surface area contributed by atoms with E-state index in [9.17, 15) is 4.39 Å². The quantitative estimate of drug-likeness (QED) is 0.271. The molecule has 25 heavy (non-hydrogen) atoms. The largest absolute Gasteiger partial charge is 0.239 e. The molecular weight excluding hydrogens is 349 g/mol. The Morgan fingerprint density at radius 1 is 0.720 bits per heavy atom. The zero-order valence-corrected chi connectivity index (χ0v) is 15.0. The van der Waals surface area contributed by atoms with Crippen molar-refractivity contribution in [2.24, 2.45) is 4.99 Å². The molecule has 124 valence electrons. The summed E-state index contributed by atoms with van der Waals surface area (Å²) in [6.45, 7) is 0. The summed E-state index contributed by atoms with van der Waals surface area (Å²) in [4.78, 5) is 6.43. The highest BCUT2D eigenvalue weighted by Gasteiger charge is 2.10. The van der Waals surface area contributed by atoms with Crippen LogP contribution < -0.4 is 0 Å². The normalized spacial score (nSPS) is 12.2. The molecule has 0 unspecified atom stereocenters. The van der Waals surface area contributed by atoms with Gasteiger partial charge in [-0.2, -0.15) is 0 Å². The lowest BCUT2D eigenvalue weighted by atomic mass is 10.3. The Kier molecular flexibility index (Phi) is 6.48. The second-order valence-corrected chi connectivity index (χ2v) is 7.07. The maximum Gasteiger partial charge on any atom is 0.162 e. The third-order valence-electron chi connectivity index (χ3n) is 3.19. The Labute approximate surface area is 155 Å². The Bertz CT molecular complexity index is 847. The van der Waals surface area contributed by atoms with Gasteiger partial charge in [0.05, 0.1) is 5.69 Å². The van der Waals surface area contributed by atoms with Crippen molar-refractivity contribution in [2.45, 2.75) is 9.79 Å². The van der Waals surface area contributed by atoms with Crippen molar-refractivity contribution < 1.29 is 4.39 Å². The summed E-state index contributed by atoms with van der Waals surface area (Å²) in [5.41, 5.74) is 0.731. The van der Waals surface area contributed by atoms with Gasteiger partial charge in [-0.05, 0) is 36.4 Å². The van der Waals surface area contributed by atoms with Gasteiger partial charge in [-0.3, -0.25) is 0 Å². The van der Waals surface area contributed by atoms with E-state index in [0.717, 1.165) is 15.5 Å². The molecule has 0 amide bonds. The molecule has 0 aliphatic rings. The van der Waals surface area contributed by atoms with E-state index in [-0.39, 0.29) is 5.83 Å². The van der Waals surface area contributed by atoms with E-state index in [0.29, 0.717) is 5.04 Å². The zero-order chi connectivity index (χ0) is 17.3. The highest BCUT2D eigenvalue weighted by atomic mass is 32.2. The van der Waals surface area contributed by atoms with Crippen molar-refractivity contribution >= 4 is 34.3 Å². The van der Waals surface area contributed by atoms with Crippen LogP contribution in [0.25, 0.3) is 0 Å². The highest BCUT2D eigenvalue weighted by molar-refractivity contribution is 8.14. The summed E-state index contributed by atoms with van der Waals surface area (Å²) in [7, 11) is 0. The molecule has 0 aromatic heterocycles. The van der Waals surface area contributed by atoms with Crippen LogP contribution in [0.3, 0.4) is 0 Å². The van der Waals surface area contributed by atoms with Crippen molar-refractivity contribution in [2.75, 3.05) is 0 Å². The van der Waals surface area contributed by atoms with E-state index in [1.165, 1.54) is 28.9 Å². The molecule has 0 N–H and O–H groups in total. The number of thioether (sulfide) groups is 2. The van der Waals surface area contributed by atoms with Crippen LogP contribution in [0.1, 0.15) is 0 Å². The van der Waals surface area contributed by atoms with Crippen LogP contribution in [0.4, 0.5) is 10.1 Å². The molecule has 0 radical (unpaired) electrons. The van der Waals surface area contributed by atoms with Gasteiger partial charge in [0.2, 0.25) is 0 Å². The summed E-state index contributed by atoms with van der Waals surface area (Å²) < 4.78 is 14.8. The standard InChI is InChI=1S/C21H16FNS2/c22-20(16-24-18-12-6-2-7-13-18)21(23-17-10-4-1-5-11-17)25-19-14-8-3-9-15-19/h1-16H/b20-16-,23-21?. The van der Waals surface area contributed by atoms with Crippen molar-refractivity contribution in [3.05, 3.63) is 102 Å². The summed E-state index contributed by atoms with van der Waals surface area (Å²) in [5.74, 6) is -0.341. The molecule has 3 aromatic carbocycles. The first-order valence-electron chi connectivity index (χ1n) is 7.75. The minimum absolute atomic E-state index is 0.341. The Hall–Kier alpha value is -2.30. The van der Waals surface area contributed by atoms with Gasteiger partial charge in [0.15, 0.2) is 5.83 Å². The molecule has 3 aromatic rings. The highest BCUT2D eigenvalue weighted by Crippen LogP contribution is 2.29. The van der Waals surface area contributed by atoms with Crippen molar-refractivity contribution in [3.63, 3.8) is 0 Å². The van der Waals surface area contributed by atoms with Gasteiger partial charge in [-0.25, -0.2) is 9.38 Å². The second kappa shape index (κ2) is 9.25. The number of para-hydroxylation sites is 1. The van der Waals surface area contributed by atoms with Crippen LogP contribution in [0.5, 0.6) is 0 Å². The molecule has 0 saturated carbocycles. The first kappa shape index (κ1) is 17.5. The Morgan fingerprint density at radius 3 is 1.84 bits per heavy atom. The van der Waals surface area contributed by atoms with Gasteiger partial charge in [0.1, 0.15) is 5.04 Å². The number of rotatable bonds is 5.